The van der Waals surface area contributed by atoms with Gasteiger partial charge in [0.05, 0.1) is 0 Å². The Morgan fingerprint density at radius 3 is 2.32 bits per heavy atom. The van der Waals surface area contributed by atoms with Gasteiger partial charge in [0.1, 0.15) is 9.36 Å². The smallest absolute Gasteiger partial charge is 0.358 e. The molecule has 2 aromatic carbocycles. The Balaban J connectivity index is 0.000000344. The van der Waals surface area contributed by atoms with Crippen LogP contribution in [0.15, 0.2) is 54.6 Å². The fourth-order valence-corrected chi connectivity index (χ4v) is 2.52. The van der Waals surface area contributed by atoms with E-state index in [2.05, 4.69) is 9.69 Å². The van der Waals surface area contributed by atoms with Gasteiger partial charge in [-0.3, -0.25) is 4.79 Å². The molecule has 0 saturated carbocycles. The SMILES string of the molecule is O=C(NC[c-]1cccc1)c1nsc(Cl)c1Cl.[Fe+2].c1cc[cH-]c1. The molecule has 1 aromatic heterocycles. The molecular weight excluding hydrogens is 383 g/mol. The number of aromatic nitrogens is 1. The maximum atomic E-state index is 11.7. The fraction of sp³-hybridized carbons (Fsp3) is 0.0667. The van der Waals surface area contributed by atoms with E-state index in [1.807, 2.05) is 54.6 Å². The molecule has 0 spiro atoms. The number of halogens is 2. The molecule has 116 valence electrons. The Bertz CT molecular complexity index is 649. The number of carbonyl (C=O) groups excluding carboxylic acids is 1. The van der Waals surface area contributed by atoms with Crippen LogP contribution >= 0.6 is 34.7 Å². The number of nitrogens with zero attached hydrogens (tertiary/aromatic N) is 1. The van der Waals surface area contributed by atoms with Gasteiger partial charge in [-0.1, -0.05) is 23.2 Å². The van der Waals surface area contributed by atoms with Crippen molar-refractivity contribution in [1.29, 1.82) is 0 Å². The van der Waals surface area contributed by atoms with Crippen molar-refractivity contribution >= 4 is 40.6 Å². The predicted molar refractivity (Wildman–Crippen MR) is 87.4 cm³/mol. The summed E-state index contributed by atoms with van der Waals surface area (Å²) in [6, 6.07) is 17.7. The summed E-state index contributed by atoms with van der Waals surface area (Å²) in [5.41, 5.74) is 1.22. The van der Waals surface area contributed by atoms with E-state index in [1.54, 1.807) is 0 Å². The molecular formula is C15H12Cl2FeN2OS. The van der Waals surface area contributed by atoms with Gasteiger partial charge in [-0.2, -0.15) is 34.7 Å². The molecule has 1 N–H and O–H groups in total. The Morgan fingerprint density at radius 2 is 1.86 bits per heavy atom. The van der Waals surface area contributed by atoms with Crippen molar-refractivity contribution in [2.75, 3.05) is 0 Å². The standard InChI is InChI=1S/C10H7Cl2N2OS.C5H5.Fe/c11-7-8(14-16-9(7)12)10(15)13-5-6-3-1-2-4-6;1-2-4-5-3-1;/h1-4H,5H2,(H,13,15);1-5H;/q2*-1;+2. The van der Waals surface area contributed by atoms with Gasteiger partial charge >= 0.3 is 17.1 Å². The minimum Gasteiger partial charge on any atom is -0.358 e. The van der Waals surface area contributed by atoms with Crippen LogP contribution < -0.4 is 5.32 Å². The summed E-state index contributed by atoms with van der Waals surface area (Å²) in [6.07, 6.45) is 0. The third kappa shape index (κ3) is 5.59. The maximum Gasteiger partial charge on any atom is 2.00 e. The number of nitrogens with one attached hydrogen (secondary N) is 1. The van der Waals surface area contributed by atoms with Crippen LogP contribution in [-0.4, -0.2) is 10.3 Å². The average molecular weight is 395 g/mol. The second kappa shape index (κ2) is 9.82. The van der Waals surface area contributed by atoms with Crippen LogP contribution in [-0.2, 0) is 23.6 Å². The summed E-state index contributed by atoms with van der Waals surface area (Å²) < 4.78 is 4.21. The zero-order valence-electron chi connectivity index (χ0n) is 11.3. The normalized spacial score (nSPS) is 9.36. The topological polar surface area (TPSA) is 42.0 Å². The summed E-state index contributed by atoms with van der Waals surface area (Å²) in [5.74, 6) is -0.311. The number of carbonyl (C=O) groups is 1. The van der Waals surface area contributed by atoms with Crippen molar-refractivity contribution in [2.45, 2.75) is 6.54 Å². The monoisotopic (exact) mass is 394 g/mol. The van der Waals surface area contributed by atoms with Gasteiger partial charge in [0.2, 0.25) is 0 Å². The van der Waals surface area contributed by atoms with Crippen LogP contribution in [0.1, 0.15) is 16.1 Å². The van der Waals surface area contributed by atoms with E-state index in [1.165, 1.54) is 0 Å². The van der Waals surface area contributed by atoms with Gasteiger partial charge in [0.15, 0.2) is 5.69 Å². The molecule has 0 radical (unpaired) electrons. The largest absolute Gasteiger partial charge is 2.00 e. The maximum absolute atomic E-state index is 11.7. The minimum atomic E-state index is -0.311. The first-order valence-electron chi connectivity index (χ1n) is 6.14. The van der Waals surface area contributed by atoms with Crippen molar-refractivity contribution < 1.29 is 21.9 Å². The molecule has 1 amide bonds. The van der Waals surface area contributed by atoms with E-state index >= 15 is 0 Å². The molecule has 22 heavy (non-hydrogen) atoms. The molecule has 1 heterocycles. The summed E-state index contributed by atoms with van der Waals surface area (Å²) in [6.45, 7) is 0.456. The van der Waals surface area contributed by atoms with Crippen LogP contribution in [0.2, 0.25) is 9.36 Å². The Morgan fingerprint density at radius 1 is 1.23 bits per heavy atom. The molecule has 3 nitrogen and oxygen atoms in total. The van der Waals surface area contributed by atoms with Crippen LogP contribution in [0.25, 0.3) is 0 Å². The zero-order chi connectivity index (χ0) is 15.1. The fourth-order valence-electron chi connectivity index (χ4n) is 1.52. The second-order valence-corrected chi connectivity index (χ2v) is 5.81. The number of hydrogen-bond donors (Lipinski definition) is 1. The third-order valence-electron chi connectivity index (χ3n) is 2.55. The number of amides is 1. The van der Waals surface area contributed by atoms with Gasteiger partial charge in [-0.25, -0.2) is 24.3 Å². The molecule has 0 saturated heterocycles. The molecule has 0 unspecified atom stereocenters. The van der Waals surface area contributed by atoms with Crippen molar-refractivity contribution in [3.05, 3.63) is 75.2 Å². The van der Waals surface area contributed by atoms with Crippen molar-refractivity contribution in [3.8, 4) is 0 Å². The van der Waals surface area contributed by atoms with Gasteiger partial charge in [0.25, 0.3) is 5.91 Å². The van der Waals surface area contributed by atoms with Gasteiger partial charge in [-0.15, -0.1) is 5.56 Å². The molecule has 0 bridgehead atoms. The first-order chi connectivity index (χ1) is 10.2. The number of rotatable bonds is 3. The third-order valence-corrected chi connectivity index (χ3v) is 4.16. The van der Waals surface area contributed by atoms with Crippen LogP contribution in [0.5, 0.6) is 0 Å². The van der Waals surface area contributed by atoms with E-state index in [9.17, 15) is 4.79 Å². The predicted octanol–water partition coefficient (Wildman–Crippen LogP) is 4.50. The molecule has 0 aliphatic rings. The molecule has 7 heteroatoms. The van der Waals surface area contributed by atoms with Crippen molar-refractivity contribution in [1.82, 2.24) is 9.69 Å². The van der Waals surface area contributed by atoms with E-state index in [0.717, 1.165) is 17.1 Å². The van der Waals surface area contributed by atoms with E-state index in [4.69, 9.17) is 23.2 Å². The number of hydrogen-bond acceptors (Lipinski definition) is 3. The zero-order valence-corrected chi connectivity index (χ0v) is 14.7. The van der Waals surface area contributed by atoms with Gasteiger partial charge in [0, 0.05) is 0 Å². The van der Waals surface area contributed by atoms with E-state index in [-0.39, 0.29) is 33.7 Å². The molecule has 0 aliphatic carbocycles. The van der Waals surface area contributed by atoms with Gasteiger partial charge < -0.3 is 5.32 Å². The molecule has 3 aromatic rings. The average Bonchev–Trinajstić information content (AvgIpc) is 3.22. The summed E-state index contributed by atoms with van der Waals surface area (Å²) in [7, 11) is 0. The van der Waals surface area contributed by atoms with E-state index in [0.29, 0.717) is 10.9 Å². The molecule has 0 aliphatic heterocycles. The van der Waals surface area contributed by atoms with Crippen LogP contribution in [0.3, 0.4) is 0 Å². The summed E-state index contributed by atoms with van der Waals surface area (Å²) in [4.78, 5) is 11.7. The molecule has 0 atom stereocenters. The first-order valence-corrected chi connectivity index (χ1v) is 7.67. The Hall–Kier alpha value is -1.10. The van der Waals surface area contributed by atoms with Gasteiger partial charge in [-0.05, 0) is 18.1 Å². The Kier molecular flexibility index (Phi) is 8.46. The first kappa shape index (κ1) is 18.9. The van der Waals surface area contributed by atoms with Crippen LogP contribution in [0.4, 0.5) is 0 Å². The molecule has 0 fully saturated rings. The van der Waals surface area contributed by atoms with Crippen molar-refractivity contribution in [3.63, 3.8) is 0 Å². The summed E-state index contributed by atoms with van der Waals surface area (Å²) >= 11 is 12.5. The second-order valence-electron chi connectivity index (χ2n) is 4.06. The molecule has 3 rings (SSSR count). The van der Waals surface area contributed by atoms with Crippen molar-refractivity contribution in [2.24, 2.45) is 0 Å². The summed E-state index contributed by atoms with van der Waals surface area (Å²) in [5, 5.41) is 2.93. The quantitative estimate of drug-likeness (QED) is 0.524. The minimum absolute atomic E-state index is 0. The Labute approximate surface area is 153 Å². The van der Waals surface area contributed by atoms with E-state index < -0.39 is 0 Å². The van der Waals surface area contributed by atoms with Crippen LogP contribution in [0, 0.1) is 0 Å².